The largest absolute Gasteiger partial charge is 0.333 e. The normalized spacial score (nSPS) is 21.5. The van der Waals surface area contributed by atoms with E-state index < -0.39 is 0 Å². The van der Waals surface area contributed by atoms with Crippen molar-refractivity contribution in [1.29, 1.82) is 5.26 Å². The van der Waals surface area contributed by atoms with Crippen molar-refractivity contribution >= 4 is 5.91 Å². The zero-order valence-electron chi connectivity index (χ0n) is 13.4. The second kappa shape index (κ2) is 6.10. The topological polar surface area (TPSA) is 65.2 Å². The van der Waals surface area contributed by atoms with Crippen molar-refractivity contribution in [1.82, 2.24) is 19.6 Å². The molecule has 24 heavy (non-hydrogen) atoms. The van der Waals surface area contributed by atoms with Crippen molar-refractivity contribution in [2.24, 2.45) is 0 Å². The van der Waals surface area contributed by atoms with Crippen LogP contribution in [0.3, 0.4) is 0 Å². The molecule has 0 spiro atoms. The molecular weight excluding hydrogens is 302 g/mol. The fraction of sp³-hybridized carbons (Fsp3) is 0.389. The minimum absolute atomic E-state index is 0.0629. The third kappa shape index (κ3) is 2.68. The van der Waals surface area contributed by atoms with Crippen LogP contribution < -0.4 is 0 Å². The number of benzene rings is 1. The van der Waals surface area contributed by atoms with Gasteiger partial charge in [0.1, 0.15) is 11.7 Å². The number of para-hydroxylation sites is 1. The lowest BCUT2D eigenvalue weighted by Gasteiger charge is -2.38. The third-order valence-corrected chi connectivity index (χ3v) is 4.74. The van der Waals surface area contributed by atoms with Crippen LogP contribution in [0.15, 0.2) is 42.6 Å². The summed E-state index contributed by atoms with van der Waals surface area (Å²) in [5.41, 5.74) is 1.40. The lowest BCUT2D eigenvalue weighted by molar-refractivity contribution is 0.0542. The first-order valence-electron chi connectivity index (χ1n) is 8.32. The number of carbonyl (C=O) groups is 1. The third-order valence-electron chi connectivity index (χ3n) is 4.74. The van der Waals surface area contributed by atoms with Crippen LogP contribution in [0.25, 0.3) is 5.69 Å². The van der Waals surface area contributed by atoms with Gasteiger partial charge in [-0.2, -0.15) is 10.4 Å². The first kappa shape index (κ1) is 14.9. The second-order valence-corrected chi connectivity index (χ2v) is 6.33. The quantitative estimate of drug-likeness (QED) is 0.863. The summed E-state index contributed by atoms with van der Waals surface area (Å²) in [4.78, 5) is 17.0. The van der Waals surface area contributed by atoms with Gasteiger partial charge in [0.15, 0.2) is 0 Å². The number of carbonyl (C=O) groups excluding carboxylic acids is 1. The molecule has 1 saturated heterocycles. The fourth-order valence-electron chi connectivity index (χ4n) is 3.34. The highest BCUT2D eigenvalue weighted by Gasteiger charge is 2.39. The van der Waals surface area contributed by atoms with E-state index in [1.807, 2.05) is 30.3 Å². The molecule has 4 rings (SSSR count). The Labute approximate surface area is 140 Å². The summed E-state index contributed by atoms with van der Waals surface area (Å²) in [5.74, 6) is -0.0629. The Bertz CT molecular complexity index is 774. The Morgan fingerprint density at radius 2 is 1.96 bits per heavy atom. The average molecular weight is 321 g/mol. The van der Waals surface area contributed by atoms with E-state index in [0.29, 0.717) is 24.8 Å². The summed E-state index contributed by atoms with van der Waals surface area (Å²) in [6.45, 7) is 1.90. The van der Waals surface area contributed by atoms with Crippen LogP contribution in [-0.4, -0.2) is 57.2 Å². The molecule has 2 aromatic rings. The molecule has 0 N–H and O–H groups in total. The molecule has 1 aromatic heterocycles. The van der Waals surface area contributed by atoms with E-state index in [0.717, 1.165) is 12.2 Å². The van der Waals surface area contributed by atoms with E-state index in [-0.39, 0.29) is 11.9 Å². The van der Waals surface area contributed by atoms with Crippen molar-refractivity contribution in [2.45, 2.75) is 24.9 Å². The maximum Gasteiger partial charge on any atom is 0.272 e. The van der Waals surface area contributed by atoms with Crippen LogP contribution in [0.5, 0.6) is 0 Å². The van der Waals surface area contributed by atoms with E-state index in [1.165, 1.54) is 12.8 Å². The molecule has 1 saturated carbocycles. The molecule has 2 heterocycles. The Hall–Kier alpha value is -2.65. The Morgan fingerprint density at radius 3 is 2.67 bits per heavy atom. The number of rotatable bonds is 3. The zero-order valence-corrected chi connectivity index (χ0v) is 13.4. The SMILES string of the molecule is N#CC1CN(C(=O)c2ccnn2-c2ccccc2)CCN1C1CC1. The Morgan fingerprint density at radius 1 is 1.17 bits per heavy atom. The van der Waals surface area contributed by atoms with Crippen LogP contribution in [0.4, 0.5) is 0 Å². The summed E-state index contributed by atoms with van der Waals surface area (Å²) in [7, 11) is 0. The van der Waals surface area contributed by atoms with Crippen LogP contribution in [0, 0.1) is 11.3 Å². The smallest absolute Gasteiger partial charge is 0.272 e. The molecule has 1 aliphatic carbocycles. The van der Waals surface area contributed by atoms with Crippen LogP contribution in [0.2, 0.25) is 0 Å². The molecule has 2 fully saturated rings. The van der Waals surface area contributed by atoms with E-state index in [2.05, 4.69) is 16.1 Å². The number of aromatic nitrogens is 2. The maximum atomic E-state index is 12.9. The van der Waals surface area contributed by atoms with Crippen molar-refractivity contribution in [3.05, 3.63) is 48.3 Å². The van der Waals surface area contributed by atoms with Gasteiger partial charge in [-0.05, 0) is 31.0 Å². The van der Waals surface area contributed by atoms with Gasteiger partial charge in [-0.15, -0.1) is 0 Å². The van der Waals surface area contributed by atoms with Crippen LogP contribution >= 0.6 is 0 Å². The highest BCUT2D eigenvalue weighted by atomic mass is 16.2. The predicted octanol–water partition coefficient (Wildman–Crippen LogP) is 1.68. The molecule has 1 unspecified atom stereocenters. The highest BCUT2D eigenvalue weighted by Crippen LogP contribution is 2.30. The van der Waals surface area contributed by atoms with Gasteiger partial charge in [0.05, 0.1) is 24.5 Å². The van der Waals surface area contributed by atoms with Crippen LogP contribution in [-0.2, 0) is 0 Å². The second-order valence-electron chi connectivity index (χ2n) is 6.33. The molecule has 1 atom stereocenters. The van der Waals surface area contributed by atoms with Gasteiger partial charge in [-0.3, -0.25) is 9.69 Å². The fourth-order valence-corrected chi connectivity index (χ4v) is 3.34. The average Bonchev–Trinajstić information content (AvgIpc) is 3.37. The van der Waals surface area contributed by atoms with Gasteiger partial charge in [-0.25, -0.2) is 4.68 Å². The molecule has 1 aliphatic heterocycles. The zero-order chi connectivity index (χ0) is 16.5. The van der Waals surface area contributed by atoms with Gasteiger partial charge in [0, 0.05) is 19.1 Å². The minimum atomic E-state index is -0.205. The van der Waals surface area contributed by atoms with Gasteiger partial charge in [-0.1, -0.05) is 18.2 Å². The molecular formula is C18H19N5O. The molecule has 1 amide bonds. The summed E-state index contributed by atoms with van der Waals surface area (Å²) >= 11 is 0. The van der Waals surface area contributed by atoms with Gasteiger partial charge in [0.2, 0.25) is 0 Å². The van der Waals surface area contributed by atoms with Crippen LogP contribution in [0.1, 0.15) is 23.3 Å². The molecule has 6 heteroatoms. The molecule has 6 nitrogen and oxygen atoms in total. The number of amides is 1. The standard InChI is InChI=1S/C18H19N5O/c19-12-16-13-21(10-11-22(16)14-6-7-14)18(24)17-8-9-20-23(17)15-4-2-1-3-5-15/h1-5,8-9,14,16H,6-7,10-11,13H2. The Kier molecular flexibility index (Phi) is 3.79. The summed E-state index contributed by atoms with van der Waals surface area (Å²) in [6.07, 6.45) is 3.99. The number of hydrogen-bond donors (Lipinski definition) is 0. The van der Waals surface area contributed by atoms with E-state index in [9.17, 15) is 10.1 Å². The highest BCUT2D eigenvalue weighted by molar-refractivity contribution is 5.93. The molecule has 0 radical (unpaired) electrons. The molecule has 0 bridgehead atoms. The summed E-state index contributed by atoms with van der Waals surface area (Å²) in [6, 6.07) is 14.1. The lowest BCUT2D eigenvalue weighted by Crippen LogP contribution is -2.55. The van der Waals surface area contributed by atoms with Crippen molar-refractivity contribution < 1.29 is 4.79 Å². The number of piperazine rings is 1. The number of nitriles is 1. The van der Waals surface area contributed by atoms with Gasteiger partial charge in [0.25, 0.3) is 5.91 Å². The summed E-state index contributed by atoms with van der Waals surface area (Å²) < 4.78 is 1.66. The maximum absolute atomic E-state index is 12.9. The van der Waals surface area contributed by atoms with E-state index in [4.69, 9.17) is 0 Å². The number of nitrogens with zero attached hydrogens (tertiary/aromatic N) is 5. The monoisotopic (exact) mass is 321 g/mol. The number of hydrogen-bond acceptors (Lipinski definition) is 4. The van der Waals surface area contributed by atoms with Crippen molar-refractivity contribution in [3.8, 4) is 11.8 Å². The predicted molar refractivity (Wildman–Crippen MR) is 88.6 cm³/mol. The molecule has 1 aromatic carbocycles. The van der Waals surface area contributed by atoms with Gasteiger partial charge >= 0.3 is 0 Å². The summed E-state index contributed by atoms with van der Waals surface area (Å²) in [5, 5.41) is 13.7. The van der Waals surface area contributed by atoms with Crippen molar-refractivity contribution in [2.75, 3.05) is 19.6 Å². The van der Waals surface area contributed by atoms with Gasteiger partial charge < -0.3 is 4.90 Å². The van der Waals surface area contributed by atoms with E-state index in [1.54, 1.807) is 21.8 Å². The lowest BCUT2D eigenvalue weighted by atomic mass is 10.1. The minimum Gasteiger partial charge on any atom is -0.333 e. The Balaban J connectivity index is 1.55. The first-order chi connectivity index (χ1) is 11.8. The molecule has 122 valence electrons. The first-order valence-corrected chi connectivity index (χ1v) is 8.32. The van der Waals surface area contributed by atoms with Crippen molar-refractivity contribution in [3.63, 3.8) is 0 Å². The van der Waals surface area contributed by atoms with E-state index >= 15 is 0 Å². The molecule has 2 aliphatic rings.